The van der Waals surface area contributed by atoms with Gasteiger partial charge in [-0.15, -0.1) is 0 Å². The Balaban J connectivity index is 1.72. The van der Waals surface area contributed by atoms with E-state index in [1.165, 1.54) is 14.0 Å². The van der Waals surface area contributed by atoms with Crippen LogP contribution in [0.1, 0.15) is 72.3 Å². The van der Waals surface area contributed by atoms with Crippen LogP contribution in [-0.4, -0.2) is 91.8 Å². The molecule has 2 aliphatic heterocycles. The van der Waals surface area contributed by atoms with Crippen LogP contribution in [0, 0.1) is 11.3 Å². The molecule has 3 amide bonds. The predicted octanol–water partition coefficient (Wildman–Crippen LogP) is 3.59. The lowest BCUT2D eigenvalue weighted by Gasteiger charge is -2.38. The molecule has 1 aromatic carbocycles. The summed E-state index contributed by atoms with van der Waals surface area (Å²) in [6, 6.07) is 6.56. The van der Waals surface area contributed by atoms with Crippen molar-refractivity contribution in [2.75, 3.05) is 38.2 Å². The second kappa shape index (κ2) is 16.1. The number of hydrogen-bond donors (Lipinski definition) is 3. The van der Waals surface area contributed by atoms with E-state index in [0.29, 0.717) is 19.5 Å². The van der Waals surface area contributed by atoms with Crippen LogP contribution in [0.3, 0.4) is 0 Å². The Hall–Kier alpha value is -3.38. The maximum atomic E-state index is 13.8. The summed E-state index contributed by atoms with van der Waals surface area (Å²) in [7, 11) is 1.30. The molecular formula is C32H50N4O8. The lowest BCUT2D eigenvalue weighted by atomic mass is 9.80. The smallest absolute Gasteiger partial charge is 0.410 e. The van der Waals surface area contributed by atoms with Gasteiger partial charge in [-0.2, -0.15) is 0 Å². The number of likely N-dealkylation sites (tertiary alicyclic amines) is 1. The monoisotopic (exact) mass is 618 g/mol. The molecule has 0 spiro atoms. The van der Waals surface area contributed by atoms with Crippen LogP contribution in [0.5, 0.6) is 0 Å². The lowest BCUT2D eigenvalue weighted by Crippen LogP contribution is -2.52. The van der Waals surface area contributed by atoms with Gasteiger partial charge in [0.15, 0.2) is 0 Å². The number of hydrogen-bond acceptors (Lipinski definition) is 9. The molecule has 1 saturated heterocycles. The van der Waals surface area contributed by atoms with Crippen LogP contribution >= 0.6 is 0 Å². The molecule has 1 aromatic rings. The zero-order valence-electron chi connectivity index (χ0n) is 27.0. The summed E-state index contributed by atoms with van der Waals surface area (Å²) in [4.78, 5) is 54.4. The zero-order valence-corrected chi connectivity index (χ0v) is 27.0. The molecule has 2 aliphatic rings. The number of piperidine rings is 1. The van der Waals surface area contributed by atoms with Gasteiger partial charge in [0, 0.05) is 32.1 Å². The van der Waals surface area contributed by atoms with E-state index in [-0.39, 0.29) is 30.7 Å². The average Bonchev–Trinajstić information content (AvgIpc) is 2.96. The molecule has 0 radical (unpaired) electrons. The van der Waals surface area contributed by atoms with E-state index in [9.17, 15) is 24.3 Å². The zero-order chi connectivity index (χ0) is 32.4. The fraction of sp³-hybridized carbons (Fsp3) is 0.688. The number of alkyl carbamates (subject to hydrolysis) is 2. The molecule has 0 aromatic heterocycles. The fourth-order valence-electron chi connectivity index (χ4n) is 5.80. The lowest BCUT2D eigenvalue weighted by molar-refractivity contribution is -0.168. The number of aliphatic hydroxyl groups is 1. The van der Waals surface area contributed by atoms with Crippen LogP contribution in [-0.2, 0) is 30.2 Å². The Morgan fingerprint density at radius 3 is 2.36 bits per heavy atom. The molecule has 12 nitrogen and oxygen atoms in total. The number of benzene rings is 1. The first kappa shape index (κ1) is 35.1. The predicted molar refractivity (Wildman–Crippen MR) is 165 cm³/mol. The highest BCUT2D eigenvalue weighted by Crippen LogP contribution is 2.33. The van der Waals surface area contributed by atoms with Crippen LogP contribution in [0.25, 0.3) is 0 Å². The number of rotatable bonds is 12. The number of ether oxygens (including phenoxy) is 3. The van der Waals surface area contributed by atoms with E-state index < -0.39 is 42.0 Å². The number of carbonyl (C=O) groups is 4. The van der Waals surface area contributed by atoms with Gasteiger partial charge in [0.2, 0.25) is 12.2 Å². The van der Waals surface area contributed by atoms with Gasteiger partial charge in [-0.3, -0.25) is 9.59 Å². The van der Waals surface area contributed by atoms with Gasteiger partial charge in [0.05, 0.1) is 31.2 Å². The summed E-state index contributed by atoms with van der Waals surface area (Å²) < 4.78 is 15.2. The third-order valence-corrected chi connectivity index (χ3v) is 8.05. The number of amides is 3. The topological polar surface area (TPSA) is 147 Å². The molecule has 2 unspecified atom stereocenters. The maximum absolute atomic E-state index is 13.8. The second-order valence-corrected chi connectivity index (χ2v) is 13.0. The van der Waals surface area contributed by atoms with Gasteiger partial charge in [0.1, 0.15) is 0 Å². The number of para-hydroxylation sites is 1. The summed E-state index contributed by atoms with van der Waals surface area (Å²) in [6.07, 6.45) is 0.820. The standard InChI is InChI=1S/C32H50N4O8/c1-21(2)29(39)43-22(3)44-31(41)34-25(27(37)20-35-14-10-7-11-15-35)17-32(4,5)18-28(38)36-19-24(33-30(40)42-6)16-23-12-8-9-13-26(23)36/h8-9,12-13,21-22,24-25,27,37H,7,10-11,14-20H2,1-6H3,(H,33,40)(H,34,41)/t22?,24?,25-,27-/m0/s1. The molecule has 0 aliphatic carbocycles. The molecule has 1 fully saturated rings. The fourth-order valence-corrected chi connectivity index (χ4v) is 5.80. The van der Waals surface area contributed by atoms with Gasteiger partial charge in [-0.1, -0.05) is 52.3 Å². The van der Waals surface area contributed by atoms with Crippen molar-refractivity contribution in [3.63, 3.8) is 0 Å². The number of β-amino-alcohol motifs (C(OH)–C–C–N with tert-alkyl or cyclic N) is 1. The molecule has 12 heteroatoms. The number of aliphatic hydroxyl groups excluding tert-OH is 1. The Morgan fingerprint density at radius 1 is 1.02 bits per heavy atom. The Labute approximate surface area is 260 Å². The summed E-state index contributed by atoms with van der Waals surface area (Å²) >= 11 is 0. The highest BCUT2D eigenvalue weighted by molar-refractivity contribution is 5.95. The van der Waals surface area contributed by atoms with E-state index in [1.807, 2.05) is 38.1 Å². The largest absolute Gasteiger partial charge is 0.453 e. The molecule has 0 bridgehead atoms. The average molecular weight is 619 g/mol. The van der Waals surface area contributed by atoms with Gasteiger partial charge < -0.3 is 39.8 Å². The molecule has 0 saturated carbocycles. The van der Waals surface area contributed by atoms with Crippen LogP contribution in [0.2, 0.25) is 0 Å². The molecule has 3 rings (SSSR count). The highest BCUT2D eigenvalue weighted by atomic mass is 16.7. The molecule has 2 heterocycles. The molecule has 4 atom stereocenters. The van der Waals surface area contributed by atoms with Crippen molar-refractivity contribution in [2.45, 2.75) is 97.6 Å². The molecule has 3 N–H and O–H groups in total. The Bertz CT molecular complexity index is 1140. The third kappa shape index (κ3) is 10.7. The first-order valence-electron chi connectivity index (χ1n) is 15.6. The number of methoxy groups -OCH3 is 1. The van der Waals surface area contributed by atoms with E-state index in [4.69, 9.17) is 14.2 Å². The van der Waals surface area contributed by atoms with E-state index in [1.54, 1.807) is 18.7 Å². The maximum Gasteiger partial charge on any atom is 0.410 e. The third-order valence-electron chi connectivity index (χ3n) is 8.05. The summed E-state index contributed by atoms with van der Waals surface area (Å²) in [6.45, 7) is 11.1. The number of esters is 1. The highest BCUT2D eigenvalue weighted by Gasteiger charge is 2.36. The molecular weight excluding hydrogens is 568 g/mol. The van der Waals surface area contributed by atoms with Crippen molar-refractivity contribution in [1.29, 1.82) is 0 Å². The van der Waals surface area contributed by atoms with Crippen molar-refractivity contribution < 1.29 is 38.5 Å². The van der Waals surface area contributed by atoms with Crippen LogP contribution in [0.4, 0.5) is 15.3 Å². The number of anilines is 1. The number of carbonyl (C=O) groups excluding carboxylic acids is 4. The summed E-state index contributed by atoms with van der Waals surface area (Å²) in [5.41, 5.74) is 1.09. The van der Waals surface area contributed by atoms with Gasteiger partial charge >= 0.3 is 18.2 Å². The molecule has 246 valence electrons. The van der Waals surface area contributed by atoms with Crippen molar-refractivity contribution in [3.05, 3.63) is 29.8 Å². The van der Waals surface area contributed by atoms with E-state index in [0.717, 1.165) is 43.6 Å². The first-order chi connectivity index (χ1) is 20.8. The quantitative estimate of drug-likeness (QED) is 0.236. The molecule has 44 heavy (non-hydrogen) atoms. The van der Waals surface area contributed by atoms with Gasteiger partial charge in [0.25, 0.3) is 0 Å². The van der Waals surface area contributed by atoms with Crippen molar-refractivity contribution >= 4 is 29.8 Å². The minimum atomic E-state index is -1.11. The number of fused-ring (bicyclic) bond motifs is 1. The second-order valence-electron chi connectivity index (χ2n) is 13.0. The normalized spacial score (nSPS) is 19.3. The van der Waals surface area contributed by atoms with Gasteiger partial charge in [-0.25, -0.2) is 9.59 Å². The van der Waals surface area contributed by atoms with Crippen molar-refractivity contribution in [2.24, 2.45) is 11.3 Å². The minimum absolute atomic E-state index is 0.123. The van der Waals surface area contributed by atoms with Crippen LogP contribution in [0.15, 0.2) is 24.3 Å². The van der Waals surface area contributed by atoms with Crippen LogP contribution < -0.4 is 15.5 Å². The van der Waals surface area contributed by atoms with Crippen molar-refractivity contribution in [1.82, 2.24) is 15.5 Å². The van der Waals surface area contributed by atoms with Gasteiger partial charge in [-0.05, 0) is 55.8 Å². The SMILES string of the molecule is COC(=O)NC1Cc2ccccc2N(C(=O)CC(C)(C)C[C@H](NC(=O)OC(C)OC(=O)C(C)C)[C@@H](O)CN2CCCCC2)C1. The van der Waals surface area contributed by atoms with E-state index >= 15 is 0 Å². The van der Waals surface area contributed by atoms with Crippen molar-refractivity contribution in [3.8, 4) is 0 Å². The summed E-state index contributed by atoms with van der Waals surface area (Å²) in [5, 5.41) is 16.9. The Morgan fingerprint density at radius 2 is 1.70 bits per heavy atom. The number of nitrogens with one attached hydrogen (secondary N) is 2. The first-order valence-corrected chi connectivity index (χ1v) is 15.6. The number of nitrogens with zero attached hydrogens (tertiary/aromatic N) is 2. The van der Waals surface area contributed by atoms with E-state index in [2.05, 4.69) is 15.5 Å². The Kier molecular flexibility index (Phi) is 12.8. The minimum Gasteiger partial charge on any atom is -0.453 e. The summed E-state index contributed by atoms with van der Waals surface area (Å²) in [5.74, 6) is -1.00.